The van der Waals surface area contributed by atoms with Crippen LogP contribution in [0.2, 0.25) is 0 Å². The summed E-state index contributed by atoms with van der Waals surface area (Å²) in [5.41, 5.74) is 1.65. The lowest BCUT2D eigenvalue weighted by molar-refractivity contribution is 0.149. The Balaban J connectivity index is 1.63. The van der Waals surface area contributed by atoms with Gasteiger partial charge in [0.15, 0.2) is 0 Å². The first-order valence-electron chi connectivity index (χ1n) is 8.44. The molecule has 0 unspecified atom stereocenters. The molecule has 5 nitrogen and oxygen atoms in total. The molecule has 2 N–H and O–H groups in total. The monoisotopic (exact) mass is 330 g/mol. The van der Waals surface area contributed by atoms with Crippen LogP contribution in [0, 0.1) is 5.82 Å². The van der Waals surface area contributed by atoms with Crippen molar-refractivity contribution in [3.63, 3.8) is 0 Å². The number of benzene rings is 1. The SMILES string of the molecule is C[C@H](Cc1ccccc1F)NC(=O)N1CCCC[C@@H]1c1cn[nH]c1. The normalized spacial score (nSPS) is 19.1. The van der Waals surface area contributed by atoms with E-state index in [1.165, 1.54) is 6.07 Å². The van der Waals surface area contributed by atoms with Gasteiger partial charge in [-0.15, -0.1) is 0 Å². The van der Waals surface area contributed by atoms with Crippen LogP contribution >= 0.6 is 0 Å². The van der Waals surface area contributed by atoms with E-state index in [-0.39, 0.29) is 23.9 Å². The summed E-state index contributed by atoms with van der Waals surface area (Å²) in [6.45, 7) is 2.63. The molecule has 1 aliphatic heterocycles. The van der Waals surface area contributed by atoms with Gasteiger partial charge in [-0.25, -0.2) is 9.18 Å². The molecule has 2 atom stereocenters. The number of amides is 2. The van der Waals surface area contributed by atoms with Crippen molar-refractivity contribution in [2.75, 3.05) is 6.54 Å². The largest absolute Gasteiger partial charge is 0.335 e. The molecule has 2 amide bonds. The number of piperidine rings is 1. The van der Waals surface area contributed by atoms with E-state index in [4.69, 9.17) is 0 Å². The summed E-state index contributed by atoms with van der Waals surface area (Å²) in [5, 5.41) is 9.82. The highest BCUT2D eigenvalue weighted by atomic mass is 19.1. The van der Waals surface area contributed by atoms with Crippen LogP contribution < -0.4 is 5.32 Å². The summed E-state index contributed by atoms with van der Waals surface area (Å²) in [6, 6.07) is 6.51. The molecule has 24 heavy (non-hydrogen) atoms. The Morgan fingerprint density at radius 2 is 2.29 bits per heavy atom. The Bertz CT molecular complexity index is 673. The maximum atomic E-state index is 13.8. The second kappa shape index (κ2) is 7.47. The molecular weight excluding hydrogens is 307 g/mol. The zero-order chi connectivity index (χ0) is 16.9. The molecule has 0 radical (unpaired) electrons. The predicted octanol–water partition coefficient (Wildman–Crippen LogP) is 3.42. The number of urea groups is 1. The number of likely N-dealkylation sites (tertiary alicyclic amines) is 1. The Kier molecular flexibility index (Phi) is 5.13. The maximum Gasteiger partial charge on any atom is 0.318 e. The van der Waals surface area contributed by atoms with Gasteiger partial charge in [-0.3, -0.25) is 5.10 Å². The maximum absolute atomic E-state index is 13.8. The molecule has 1 aromatic heterocycles. The molecule has 1 aliphatic rings. The molecule has 1 aromatic carbocycles. The number of hydrogen-bond acceptors (Lipinski definition) is 2. The second-order valence-corrected chi connectivity index (χ2v) is 6.38. The number of carbonyl (C=O) groups excluding carboxylic acids is 1. The molecule has 0 bridgehead atoms. The fourth-order valence-electron chi connectivity index (χ4n) is 3.30. The van der Waals surface area contributed by atoms with Crippen molar-refractivity contribution >= 4 is 6.03 Å². The van der Waals surface area contributed by atoms with Gasteiger partial charge in [0, 0.05) is 24.3 Å². The van der Waals surface area contributed by atoms with Gasteiger partial charge in [0.2, 0.25) is 0 Å². The van der Waals surface area contributed by atoms with Crippen molar-refractivity contribution in [2.24, 2.45) is 0 Å². The van der Waals surface area contributed by atoms with Gasteiger partial charge in [-0.05, 0) is 44.2 Å². The summed E-state index contributed by atoms with van der Waals surface area (Å²) in [6.07, 6.45) is 7.14. The molecule has 0 aliphatic carbocycles. The minimum absolute atomic E-state index is 0.0539. The van der Waals surface area contributed by atoms with Crippen LogP contribution in [-0.2, 0) is 6.42 Å². The molecule has 2 aromatic rings. The van der Waals surface area contributed by atoms with E-state index in [2.05, 4.69) is 15.5 Å². The van der Waals surface area contributed by atoms with E-state index in [1.807, 2.05) is 24.1 Å². The van der Waals surface area contributed by atoms with Crippen molar-refractivity contribution in [1.82, 2.24) is 20.4 Å². The lowest BCUT2D eigenvalue weighted by Gasteiger charge is -2.36. The van der Waals surface area contributed by atoms with Gasteiger partial charge in [-0.2, -0.15) is 5.10 Å². The summed E-state index contributed by atoms with van der Waals surface area (Å²) in [7, 11) is 0. The van der Waals surface area contributed by atoms with Crippen LogP contribution in [0.4, 0.5) is 9.18 Å². The Morgan fingerprint density at radius 1 is 1.46 bits per heavy atom. The van der Waals surface area contributed by atoms with Crippen molar-refractivity contribution in [2.45, 2.75) is 44.7 Å². The number of carbonyl (C=O) groups is 1. The average molecular weight is 330 g/mol. The van der Waals surface area contributed by atoms with E-state index < -0.39 is 0 Å². The van der Waals surface area contributed by atoms with E-state index in [9.17, 15) is 9.18 Å². The lowest BCUT2D eigenvalue weighted by Crippen LogP contribution is -2.47. The van der Waals surface area contributed by atoms with Crippen LogP contribution in [0.5, 0.6) is 0 Å². The molecule has 1 fully saturated rings. The highest BCUT2D eigenvalue weighted by Gasteiger charge is 2.29. The standard InChI is InChI=1S/C18H23FN4O/c1-13(10-14-6-2-3-7-16(14)19)22-18(24)23-9-5-4-8-17(23)15-11-20-21-12-15/h2-3,6-7,11-13,17H,4-5,8-10H2,1H3,(H,20,21)(H,22,24)/t13-,17-/m1/s1. The molecular formula is C18H23FN4O. The zero-order valence-corrected chi connectivity index (χ0v) is 13.8. The van der Waals surface area contributed by atoms with Crippen molar-refractivity contribution < 1.29 is 9.18 Å². The summed E-state index contributed by atoms with van der Waals surface area (Å²) in [4.78, 5) is 14.5. The first-order chi connectivity index (χ1) is 11.6. The smallest absolute Gasteiger partial charge is 0.318 e. The number of nitrogens with zero attached hydrogens (tertiary/aromatic N) is 2. The number of hydrogen-bond donors (Lipinski definition) is 2. The predicted molar refractivity (Wildman–Crippen MR) is 90.0 cm³/mol. The number of H-pyrrole nitrogens is 1. The third kappa shape index (κ3) is 3.75. The molecule has 128 valence electrons. The van der Waals surface area contributed by atoms with Gasteiger partial charge < -0.3 is 10.2 Å². The van der Waals surface area contributed by atoms with E-state index in [0.29, 0.717) is 12.0 Å². The van der Waals surface area contributed by atoms with Crippen molar-refractivity contribution in [3.8, 4) is 0 Å². The Hall–Kier alpha value is -2.37. The van der Waals surface area contributed by atoms with Crippen molar-refractivity contribution in [3.05, 3.63) is 53.6 Å². The van der Waals surface area contributed by atoms with Crippen molar-refractivity contribution in [1.29, 1.82) is 0 Å². The van der Waals surface area contributed by atoms with Crippen LogP contribution in [-0.4, -0.2) is 33.7 Å². The van der Waals surface area contributed by atoms with Gasteiger partial charge in [0.1, 0.15) is 5.82 Å². The van der Waals surface area contributed by atoms with Gasteiger partial charge in [-0.1, -0.05) is 18.2 Å². The van der Waals surface area contributed by atoms with E-state index in [0.717, 1.165) is 31.4 Å². The second-order valence-electron chi connectivity index (χ2n) is 6.38. The van der Waals surface area contributed by atoms with Gasteiger partial charge in [0.25, 0.3) is 0 Å². The first kappa shape index (κ1) is 16.5. The highest BCUT2D eigenvalue weighted by molar-refractivity contribution is 5.75. The lowest BCUT2D eigenvalue weighted by atomic mass is 9.98. The zero-order valence-electron chi connectivity index (χ0n) is 13.8. The number of halogens is 1. The summed E-state index contributed by atoms with van der Waals surface area (Å²) in [5.74, 6) is -0.229. The minimum atomic E-state index is -0.229. The molecule has 1 saturated heterocycles. The molecule has 3 rings (SSSR count). The number of aromatic nitrogens is 2. The molecule has 6 heteroatoms. The third-order valence-corrected chi connectivity index (χ3v) is 4.52. The average Bonchev–Trinajstić information content (AvgIpc) is 3.11. The number of nitrogens with one attached hydrogen (secondary N) is 2. The van der Waals surface area contributed by atoms with Gasteiger partial charge >= 0.3 is 6.03 Å². The first-order valence-corrected chi connectivity index (χ1v) is 8.44. The fraction of sp³-hybridized carbons (Fsp3) is 0.444. The highest BCUT2D eigenvalue weighted by Crippen LogP contribution is 2.30. The minimum Gasteiger partial charge on any atom is -0.335 e. The Morgan fingerprint density at radius 3 is 3.04 bits per heavy atom. The van der Waals surface area contributed by atoms with Crippen LogP contribution in [0.25, 0.3) is 0 Å². The molecule has 2 heterocycles. The summed E-state index contributed by atoms with van der Waals surface area (Å²) < 4.78 is 13.8. The van der Waals surface area contributed by atoms with Crippen LogP contribution in [0.3, 0.4) is 0 Å². The fourth-order valence-corrected chi connectivity index (χ4v) is 3.30. The van der Waals surface area contributed by atoms with Gasteiger partial charge in [0.05, 0.1) is 12.2 Å². The van der Waals surface area contributed by atoms with E-state index in [1.54, 1.807) is 18.3 Å². The third-order valence-electron chi connectivity index (χ3n) is 4.52. The number of aromatic amines is 1. The number of rotatable bonds is 4. The quantitative estimate of drug-likeness (QED) is 0.902. The molecule has 0 spiro atoms. The summed E-state index contributed by atoms with van der Waals surface area (Å²) >= 11 is 0. The van der Waals surface area contributed by atoms with Crippen LogP contribution in [0.1, 0.15) is 43.4 Å². The Labute approximate surface area is 141 Å². The van der Waals surface area contributed by atoms with E-state index >= 15 is 0 Å². The molecule has 0 saturated carbocycles. The topological polar surface area (TPSA) is 61.0 Å². The van der Waals surface area contributed by atoms with Crippen LogP contribution in [0.15, 0.2) is 36.7 Å².